The molecule has 0 radical (unpaired) electrons. The van der Waals surface area contributed by atoms with Crippen LogP contribution in [0, 0.1) is 6.92 Å². The van der Waals surface area contributed by atoms with Crippen LogP contribution in [0.15, 0.2) is 35.9 Å². The number of allylic oxidation sites excluding steroid dienone is 2. The third-order valence-electron chi connectivity index (χ3n) is 2.28. The Kier molecular flexibility index (Phi) is 4.11. The molecule has 0 saturated heterocycles. The predicted molar refractivity (Wildman–Crippen MR) is 59.3 cm³/mol. The standard InChI is InChI=1S/C13H16O/c1-11-3-6-13(7-4-11)8-5-12(2)9-10-14/h3-4,6-7,9-10H,5,8H2,1-2H3/b12-9+. The minimum Gasteiger partial charge on any atom is -0.299 e. The van der Waals surface area contributed by atoms with Crippen LogP contribution in [-0.2, 0) is 11.2 Å². The molecule has 0 bridgehead atoms. The quantitative estimate of drug-likeness (QED) is 0.524. The molecule has 0 saturated carbocycles. The highest BCUT2D eigenvalue weighted by atomic mass is 16.1. The monoisotopic (exact) mass is 188 g/mol. The van der Waals surface area contributed by atoms with Crippen LogP contribution in [-0.4, -0.2) is 6.29 Å². The lowest BCUT2D eigenvalue weighted by Crippen LogP contribution is -1.87. The van der Waals surface area contributed by atoms with Gasteiger partial charge in [-0.05, 0) is 38.3 Å². The molecule has 1 aromatic carbocycles. The fourth-order valence-electron chi connectivity index (χ4n) is 1.30. The maximum atomic E-state index is 10.2. The molecule has 74 valence electrons. The molecule has 0 aliphatic heterocycles. The second-order valence-corrected chi connectivity index (χ2v) is 3.63. The van der Waals surface area contributed by atoms with Gasteiger partial charge in [-0.1, -0.05) is 35.4 Å². The first-order valence-electron chi connectivity index (χ1n) is 4.89. The number of aryl methyl sites for hydroxylation is 2. The number of carbonyl (C=O) groups excluding carboxylic acids is 1. The Bertz CT molecular complexity index is 320. The molecule has 14 heavy (non-hydrogen) atoms. The molecule has 1 nitrogen and oxygen atoms in total. The molecule has 0 aliphatic rings. The van der Waals surface area contributed by atoms with Crippen molar-refractivity contribution < 1.29 is 4.79 Å². The van der Waals surface area contributed by atoms with Gasteiger partial charge in [-0.2, -0.15) is 0 Å². The Morgan fingerprint density at radius 2 is 1.93 bits per heavy atom. The van der Waals surface area contributed by atoms with Gasteiger partial charge in [-0.25, -0.2) is 0 Å². The molecule has 0 aliphatic carbocycles. The number of benzene rings is 1. The summed E-state index contributed by atoms with van der Waals surface area (Å²) in [5.41, 5.74) is 3.75. The van der Waals surface area contributed by atoms with Gasteiger partial charge in [-0.3, -0.25) is 4.79 Å². The zero-order chi connectivity index (χ0) is 10.4. The third-order valence-corrected chi connectivity index (χ3v) is 2.28. The Morgan fingerprint density at radius 3 is 2.50 bits per heavy atom. The normalized spacial score (nSPS) is 11.4. The van der Waals surface area contributed by atoms with Crippen molar-refractivity contribution >= 4 is 6.29 Å². The largest absolute Gasteiger partial charge is 0.299 e. The van der Waals surface area contributed by atoms with E-state index in [-0.39, 0.29) is 0 Å². The van der Waals surface area contributed by atoms with Crippen LogP contribution >= 0.6 is 0 Å². The second-order valence-electron chi connectivity index (χ2n) is 3.63. The van der Waals surface area contributed by atoms with Crippen LogP contribution in [0.2, 0.25) is 0 Å². The summed E-state index contributed by atoms with van der Waals surface area (Å²) in [5.74, 6) is 0. The van der Waals surface area contributed by atoms with E-state index in [0.29, 0.717) is 0 Å². The highest BCUT2D eigenvalue weighted by Crippen LogP contribution is 2.09. The highest BCUT2D eigenvalue weighted by molar-refractivity contribution is 5.65. The maximum Gasteiger partial charge on any atom is 0.142 e. The summed E-state index contributed by atoms with van der Waals surface area (Å²) in [6.45, 7) is 4.07. The molecule has 1 rings (SSSR count). The van der Waals surface area contributed by atoms with E-state index >= 15 is 0 Å². The molecule has 1 aromatic rings. The van der Waals surface area contributed by atoms with Gasteiger partial charge in [0.1, 0.15) is 6.29 Å². The van der Waals surface area contributed by atoms with Crippen molar-refractivity contribution in [3.8, 4) is 0 Å². The van der Waals surface area contributed by atoms with E-state index in [9.17, 15) is 4.79 Å². The highest BCUT2D eigenvalue weighted by Gasteiger charge is 1.94. The van der Waals surface area contributed by atoms with Gasteiger partial charge in [0.05, 0.1) is 0 Å². The number of carbonyl (C=O) groups is 1. The summed E-state index contributed by atoms with van der Waals surface area (Å²) in [6.07, 6.45) is 4.46. The van der Waals surface area contributed by atoms with E-state index in [0.717, 1.165) is 24.7 Å². The summed E-state index contributed by atoms with van der Waals surface area (Å²) in [4.78, 5) is 10.2. The van der Waals surface area contributed by atoms with E-state index in [2.05, 4.69) is 31.2 Å². The minimum atomic E-state index is 0.852. The second kappa shape index (κ2) is 5.38. The molecule has 0 spiro atoms. The van der Waals surface area contributed by atoms with Gasteiger partial charge < -0.3 is 0 Å². The molecule has 0 N–H and O–H groups in total. The predicted octanol–water partition coefficient (Wildman–Crippen LogP) is 3.07. The lowest BCUT2D eigenvalue weighted by molar-refractivity contribution is -0.104. The SMILES string of the molecule is C/C(=C\C=O)CCc1ccc(C)cc1. The van der Waals surface area contributed by atoms with Crippen LogP contribution in [0.4, 0.5) is 0 Å². The molecule has 0 aromatic heterocycles. The summed E-state index contributed by atoms with van der Waals surface area (Å²) >= 11 is 0. The first kappa shape index (κ1) is 10.7. The molecule has 0 amide bonds. The van der Waals surface area contributed by atoms with Crippen molar-refractivity contribution in [3.63, 3.8) is 0 Å². The van der Waals surface area contributed by atoms with E-state index in [1.165, 1.54) is 11.1 Å². The zero-order valence-electron chi connectivity index (χ0n) is 8.79. The van der Waals surface area contributed by atoms with Crippen molar-refractivity contribution in [1.29, 1.82) is 0 Å². The summed E-state index contributed by atoms with van der Waals surface area (Å²) < 4.78 is 0. The molecule has 1 heteroatoms. The zero-order valence-corrected chi connectivity index (χ0v) is 8.79. The fourth-order valence-corrected chi connectivity index (χ4v) is 1.30. The maximum absolute atomic E-state index is 10.2. The van der Waals surface area contributed by atoms with Crippen molar-refractivity contribution in [2.45, 2.75) is 26.7 Å². The van der Waals surface area contributed by atoms with Gasteiger partial charge in [0.15, 0.2) is 0 Å². The van der Waals surface area contributed by atoms with Crippen LogP contribution in [0.25, 0.3) is 0 Å². The lowest BCUT2D eigenvalue weighted by atomic mass is 10.0. The van der Waals surface area contributed by atoms with Crippen LogP contribution in [0.3, 0.4) is 0 Å². The van der Waals surface area contributed by atoms with Crippen LogP contribution < -0.4 is 0 Å². The van der Waals surface area contributed by atoms with Gasteiger partial charge in [0.25, 0.3) is 0 Å². The van der Waals surface area contributed by atoms with Gasteiger partial charge in [0.2, 0.25) is 0 Å². The molecule has 0 heterocycles. The summed E-state index contributed by atoms with van der Waals surface area (Å²) in [6, 6.07) is 8.52. The Labute approximate surface area is 85.5 Å². The number of aldehydes is 1. The molecular weight excluding hydrogens is 172 g/mol. The first-order valence-corrected chi connectivity index (χ1v) is 4.89. The minimum absolute atomic E-state index is 0.852. The Hall–Kier alpha value is -1.37. The van der Waals surface area contributed by atoms with E-state index in [1.807, 2.05) is 6.92 Å². The van der Waals surface area contributed by atoms with E-state index in [4.69, 9.17) is 0 Å². The van der Waals surface area contributed by atoms with Crippen molar-refractivity contribution in [3.05, 3.63) is 47.0 Å². The average Bonchev–Trinajstić information content (AvgIpc) is 2.17. The van der Waals surface area contributed by atoms with Gasteiger partial charge in [0, 0.05) is 0 Å². The number of rotatable bonds is 4. The van der Waals surface area contributed by atoms with Crippen molar-refractivity contribution in [1.82, 2.24) is 0 Å². The third kappa shape index (κ3) is 3.56. The summed E-state index contributed by atoms with van der Waals surface area (Å²) in [7, 11) is 0. The van der Waals surface area contributed by atoms with E-state index in [1.54, 1.807) is 6.08 Å². The Balaban J connectivity index is 2.49. The molecule has 0 fully saturated rings. The number of hydrogen-bond acceptors (Lipinski definition) is 1. The smallest absolute Gasteiger partial charge is 0.142 e. The number of hydrogen-bond donors (Lipinski definition) is 0. The fraction of sp³-hybridized carbons (Fsp3) is 0.308. The first-order chi connectivity index (χ1) is 6.72. The average molecular weight is 188 g/mol. The molecule has 0 atom stereocenters. The Morgan fingerprint density at radius 1 is 1.29 bits per heavy atom. The van der Waals surface area contributed by atoms with Gasteiger partial charge in [-0.15, -0.1) is 0 Å². The van der Waals surface area contributed by atoms with Crippen molar-refractivity contribution in [2.24, 2.45) is 0 Å². The van der Waals surface area contributed by atoms with Crippen LogP contribution in [0.5, 0.6) is 0 Å². The van der Waals surface area contributed by atoms with Crippen LogP contribution in [0.1, 0.15) is 24.5 Å². The van der Waals surface area contributed by atoms with Crippen molar-refractivity contribution in [2.75, 3.05) is 0 Å². The summed E-state index contributed by atoms with van der Waals surface area (Å²) in [5, 5.41) is 0. The van der Waals surface area contributed by atoms with Gasteiger partial charge >= 0.3 is 0 Å². The van der Waals surface area contributed by atoms with E-state index < -0.39 is 0 Å². The molecule has 0 unspecified atom stereocenters. The topological polar surface area (TPSA) is 17.1 Å². The molecular formula is C13H16O. The lowest BCUT2D eigenvalue weighted by Gasteiger charge is -2.01.